The molecular formula is C32H40ClNO2. The zero-order valence-electron chi connectivity index (χ0n) is 21.6. The molecule has 6 rings (SSSR count). The quantitative estimate of drug-likeness (QED) is 0.464. The van der Waals surface area contributed by atoms with Crippen molar-refractivity contribution in [2.24, 2.45) is 17.3 Å². The number of aryl methyl sites for hydroxylation is 1. The highest BCUT2D eigenvalue weighted by molar-refractivity contribution is 6.32. The van der Waals surface area contributed by atoms with E-state index >= 15 is 0 Å². The van der Waals surface area contributed by atoms with Gasteiger partial charge in [0.15, 0.2) is 0 Å². The number of hydrogen-bond acceptors (Lipinski definition) is 3. The van der Waals surface area contributed by atoms with Crippen LogP contribution in [-0.4, -0.2) is 35.4 Å². The third kappa shape index (κ3) is 4.21. The molecule has 4 heteroatoms. The number of fused-ring (bicyclic) bond motifs is 5. The van der Waals surface area contributed by atoms with Gasteiger partial charge in [0.05, 0.1) is 5.02 Å². The number of phenolic OH excluding ortho intramolecular Hbond substituents is 1. The van der Waals surface area contributed by atoms with Crippen molar-refractivity contribution in [3.8, 4) is 5.75 Å². The van der Waals surface area contributed by atoms with E-state index in [1.165, 1.54) is 62.0 Å². The van der Waals surface area contributed by atoms with Crippen molar-refractivity contribution in [1.29, 1.82) is 0 Å². The van der Waals surface area contributed by atoms with Crippen LogP contribution in [-0.2, 0) is 17.6 Å². The minimum absolute atomic E-state index is 0.191. The van der Waals surface area contributed by atoms with Crippen molar-refractivity contribution < 1.29 is 9.90 Å². The summed E-state index contributed by atoms with van der Waals surface area (Å²) in [5.74, 6) is 2.29. The molecular weight excluding hydrogens is 466 g/mol. The Labute approximate surface area is 221 Å². The average molecular weight is 506 g/mol. The maximum absolute atomic E-state index is 13.2. The molecule has 2 aromatic rings. The summed E-state index contributed by atoms with van der Waals surface area (Å²) in [6, 6.07) is 13.3. The molecule has 0 aromatic heterocycles. The predicted molar refractivity (Wildman–Crippen MR) is 146 cm³/mol. The number of Topliss-reactive ketones (excluding diaryl/α,β-unsaturated/α-hetero) is 1. The van der Waals surface area contributed by atoms with E-state index in [1.54, 1.807) is 6.07 Å². The zero-order valence-corrected chi connectivity index (χ0v) is 22.4. The number of phenols is 1. The molecule has 192 valence electrons. The van der Waals surface area contributed by atoms with Gasteiger partial charge in [-0.2, -0.15) is 0 Å². The van der Waals surface area contributed by atoms with Crippen molar-refractivity contribution in [2.75, 3.05) is 19.6 Å². The Bertz CT molecular complexity index is 1120. The molecule has 1 saturated heterocycles. The van der Waals surface area contributed by atoms with Crippen LogP contribution in [0.25, 0.3) is 0 Å². The number of carbonyl (C=O) groups is 1. The second-order valence-electron chi connectivity index (χ2n) is 12.2. The average Bonchev–Trinajstić information content (AvgIpc) is 3.20. The van der Waals surface area contributed by atoms with Crippen molar-refractivity contribution >= 4 is 17.4 Å². The Balaban J connectivity index is 1.27. The molecule has 1 heterocycles. The lowest BCUT2D eigenvalue weighted by atomic mass is 9.51. The third-order valence-corrected chi connectivity index (χ3v) is 10.8. The summed E-state index contributed by atoms with van der Waals surface area (Å²) in [7, 11) is 0. The van der Waals surface area contributed by atoms with E-state index in [4.69, 9.17) is 11.6 Å². The van der Waals surface area contributed by atoms with Gasteiger partial charge in [0.2, 0.25) is 0 Å². The largest absolute Gasteiger partial charge is 0.506 e. The summed E-state index contributed by atoms with van der Waals surface area (Å²) < 4.78 is 0. The monoisotopic (exact) mass is 505 g/mol. The van der Waals surface area contributed by atoms with Gasteiger partial charge < -0.3 is 10.0 Å². The molecule has 1 N–H and O–H groups in total. The fourth-order valence-electron chi connectivity index (χ4n) is 8.46. The highest BCUT2D eigenvalue weighted by Crippen LogP contribution is 2.64. The van der Waals surface area contributed by atoms with E-state index in [1.807, 2.05) is 0 Å². The second-order valence-corrected chi connectivity index (χ2v) is 12.6. The van der Waals surface area contributed by atoms with Crippen LogP contribution in [0.2, 0.25) is 5.02 Å². The molecule has 1 aliphatic heterocycles. The number of piperidine rings is 1. The first-order valence-corrected chi connectivity index (χ1v) is 14.7. The van der Waals surface area contributed by atoms with Gasteiger partial charge in [-0.3, -0.25) is 4.79 Å². The van der Waals surface area contributed by atoms with E-state index in [0.717, 1.165) is 44.1 Å². The summed E-state index contributed by atoms with van der Waals surface area (Å²) in [5, 5.41) is 10.8. The molecule has 0 radical (unpaired) electrons. The Kier molecular flexibility index (Phi) is 6.67. The van der Waals surface area contributed by atoms with Gasteiger partial charge in [-0.1, -0.05) is 55.3 Å². The Hall–Kier alpha value is -1.84. The van der Waals surface area contributed by atoms with Crippen LogP contribution >= 0.6 is 11.6 Å². The molecule has 0 spiro atoms. The number of carbonyl (C=O) groups excluding carboxylic acids is 1. The summed E-state index contributed by atoms with van der Waals surface area (Å²) in [6.07, 6.45) is 11.1. The lowest BCUT2D eigenvalue weighted by Crippen LogP contribution is -2.46. The van der Waals surface area contributed by atoms with Crippen molar-refractivity contribution in [3.05, 3.63) is 63.7 Å². The fraction of sp³-hybridized carbons (Fsp3) is 0.594. The molecule has 0 bridgehead atoms. The SMILES string of the molecule is C[C@]12C[C@H](c3ccc(CCCN4CCCCC4)cc3)[C@@H]3c4ccc(O)c(Cl)c4CC[C@H]3[C@@H]1CCC2=O. The maximum atomic E-state index is 13.2. The van der Waals surface area contributed by atoms with Crippen LogP contribution in [0.4, 0.5) is 0 Å². The summed E-state index contributed by atoms with van der Waals surface area (Å²) in [6.45, 7) is 6.00. The summed E-state index contributed by atoms with van der Waals surface area (Å²) in [5.41, 5.74) is 5.01. The Morgan fingerprint density at radius 3 is 2.58 bits per heavy atom. The lowest BCUT2D eigenvalue weighted by Gasteiger charge is -2.52. The molecule has 36 heavy (non-hydrogen) atoms. The predicted octanol–water partition coefficient (Wildman–Crippen LogP) is 7.28. The van der Waals surface area contributed by atoms with Gasteiger partial charge >= 0.3 is 0 Å². The minimum Gasteiger partial charge on any atom is -0.506 e. The number of rotatable bonds is 5. The topological polar surface area (TPSA) is 40.5 Å². The highest BCUT2D eigenvalue weighted by atomic mass is 35.5. The van der Waals surface area contributed by atoms with Crippen LogP contribution in [0.5, 0.6) is 5.75 Å². The zero-order chi connectivity index (χ0) is 24.9. The van der Waals surface area contributed by atoms with E-state index in [0.29, 0.717) is 34.5 Å². The standard InChI is InChI=1S/C32H40ClNO2/c1-32-20-26(22-9-7-21(8-10-22)6-5-19-34-17-3-2-4-18-34)30-23-13-15-28(35)31(33)24(23)11-12-25(30)27(32)14-16-29(32)36/h7-10,13,15,25-27,30,35H,2-6,11-12,14,16-20H2,1H3/t25-,26+,27-,30+,32-/m0/s1. The Morgan fingerprint density at radius 1 is 1.03 bits per heavy atom. The van der Waals surface area contributed by atoms with E-state index in [9.17, 15) is 9.90 Å². The van der Waals surface area contributed by atoms with E-state index < -0.39 is 0 Å². The smallest absolute Gasteiger partial charge is 0.139 e. The molecule has 3 nitrogen and oxygen atoms in total. The third-order valence-electron chi connectivity index (χ3n) is 10.3. The minimum atomic E-state index is -0.211. The molecule has 3 aliphatic carbocycles. The van der Waals surface area contributed by atoms with Crippen LogP contribution in [0.15, 0.2) is 36.4 Å². The van der Waals surface area contributed by atoms with Crippen molar-refractivity contribution in [1.82, 2.24) is 4.90 Å². The molecule has 5 atom stereocenters. The highest BCUT2D eigenvalue weighted by Gasteiger charge is 2.58. The van der Waals surface area contributed by atoms with Crippen molar-refractivity contribution in [3.63, 3.8) is 0 Å². The lowest BCUT2D eigenvalue weighted by molar-refractivity contribution is -0.130. The second kappa shape index (κ2) is 9.80. The molecule has 3 fully saturated rings. The fourth-order valence-corrected chi connectivity index (χ4v) is 8.72. The van der Waals surface area contributed by atoms with Crippen LogP contribution < -0.4 is 0 Å². The van der Waals surface area contributed by atoms with Crippen LogP contribution in [0.1, 0.15) is 92.4 Å². The molecule has 4 aliphatic rings. The first kappa shape index (κ1) is 24.5. The first-order valence-electron chi connectivity index (χ1n) is 14.3. The number of ketones is 1. The van der Waals surface area contributed by atoms with Gasteiger partial charge in [0.25, 0.3) is 0 Å². The molecule has 2 saturated carbocycles. The van der Waals surface area contributed by atoms with Gasteiger partial charge in [0.1, 0.15) is 11.5 Å². The normalized spacial score (nSPS) is 32.1. The number of likely N-dealkylation sites (tertiary alicyclic amines) is 1. The van der Waals surface area contributed by atoms with Crippen LogP contribution in [0, 0.1) is 17.3 Å². The number of halogens is 1. The summed E-state index contributed by atoms with van der Waals surface area (Å²) in [4.78, 5) is 15.8. The number of nitrogens with zero attached hydrogens (tertiary/aromatic N) is 1. The summed E-state index contributed by atoms with van der Waals surface area (Å²) >= 11 is 6.62. The molecule has 2 aromatic carbocycles. The number of aromatic hydroxyl groups is 1. The van der Waals surface area contributed by atoms with Gasteiger partial charge in [-0.15, -0.1) is 0 Å². The Morgan fingerprint density at radius 2 is 1.81 bits per heavy atom. The first-order chi connectivity index (χ1) is 17.5. The number of hydrogen-bond donors (Lipinski definition) is 1. The maximum Gasteiger partial charge on any atom is 0.139 e. The molecule has 0 amide bonds. The van der Waals surface area contributed by atoms with E-state index in [2.05, 4.69) is 42.2 Å². The molecule has 0 unspecified atom stereocenters. The van der Waals surface area contributed by atoms with Gasteiger partial charge in [-0.25, -0.2) is 0 Å². The van der Waals surface area contributed by atoms with Gasteiger partial charge in [0, 0.05) is 11.8 Å². The van der Waals surface area contributed by atoms with E-state index in [-0.39, 0.29) is 11.2 Å². The van der Waals surface area contributed by atoms with Gasteiger partial charge in [-0.05, 0) is 123 Å². The van der Waals surface area contributed by atoms with Crippen LogP contribution in [0.3, 0.4) is 0 Å². The van der Waals surface area contributed by atoms with Crippen molar-refractivity contribution in [2.45, 2.75) is 83.0 Å². The number of benzene rings is 2.